The highest BCUT2D eigenvalue weighted by Gasteiger charge is 1.83. The lowest BCUT2D eigenvalue weighted by Gasteiger charge is -1.91. The van der Waals surface area contributed by atoms with Crippen molar-refractivity contribution in [3.8, 4) is 0 Å². The molecule has 0 fully saturated rings. The van der Waals surface area contributed by atoms with Crippen molar-refractivity contribution in [2.45, 2.75) is 6.92 Å². The summed E-state index contributed by atoms with van der Waals surface area (Å²) in [5.41, 5.74) is 0. The lowest BCUT2D eigenvalue weighted by atomic mass is 10.5. The number of rotatable bonds is 4. The molecule has 0 aliphatic rings. The van der Waals surface area contributed by atoms with Gasteiger partial charge < -0.3 is 0 Å². The van der Waals surface area contributed by atoms with Crippen LogP contribution < -0.4 is 0 Å². The first-order valence-electron chi connectivity index (χ1n) is 3.08. The van der Waals surface area contributed by atoms with Gasteiger partial charge in [-0.1, -0.05) is 43.1 Å². The largest absolute Gasteiger partial charge is 0.0990 e. The van der Waals surface area contributed by atoms with Crippen LogP contribution in [0, 0.1) is 0 Å². The van der Waals surface area contributed by atoms with Crippen LogP contribution >= 0.6 is 11.8 Å². The van der Waals surface area contributed by atoms with Crippen LogP contribution in [-0.2, 0) is 0 Å². The van der Waals surface area contributed by atoms with Gasteiger partial charge in [0.2, 0.25) is 0 Å². The molecule has 1 heteroatoms. The molecule has 0 saturated heterocycles. The van der Waals surface area contributed by atoms with E-state index in [-0.39, 0.29) is 0 Å². The first kappa shape index (κ1) is 9.31. The van der Waals surface area contributed by atoms with Gasteiger partial charge in [-0.2, -0.15) is 0 Å². The molecule has 0 nitrogen and oxygen atoms in total. The third-order valence-corrected chi connectivity index (χ3v) is 1.81. The quantitative estimate of drug-likeness (QED) is 0.555. The molecule has 0 spiro atoms. The Bertz CT molecular complexity index is 164. The van der Waals surface area contributed by atoms with Gasteiger partial charge in [0.15, 0.2) is 0 Å². The van der Waals surface area contributed by atoms with Gasteiger partial charge in [0.25, 0.3) is 0 Å². The Morgan fingerprint density at radius 1 is 1.40 bits per heavy atom. The lowest BCUT2D eigenvalue weighted by Crippen LogP contribution is -1.62. The summed E-state index contributed by atoms with van der Waals surface area (Å²) in [6.07, 6.45) is 7.49. The van der Waals surface area contributed by atoms with Gasteiger partial charge in [0.05, 0.1) is 0 Å². The molecule has 0 N–H and O–H groups in total. The van der Waals surface area contributed by atoms with Crippen molar-refractivity contribution >= 4 is 11.8 Å². The average Bonchev–Trinajstić information content (AvgIpc) is 1.98. The summed E-state index contributed by atoms with van der Waals surface area (Å²) < 4.78 is 0. The van der Waals surface area contributed by atoms with Crippen molar-refractivity contribution in [3.63, 3.8) is 0 Å². The maximum absolute atomic E-state index is 3.66. The van der Waals surface area contributed by atoms with Crippen LogP contribution in [0.1, 0.15) is 6.92 Å². The fourth-order valence-corrected chi connectivity index (χ4v) is 0.982. The molecule has 0 unspecified atom stereocenters. The molecule has 0 aromatic heterocycles. The fraction of sp³-hybridized carbons (Fsp3) is 0.111. The lowest BCUT2D eigenvalue weighted by molar-refractivity contribution is 1.78. The summed E-state index contributed by atoms with van der Waals surface area (Å²) in [6.45, 7) is 9.24. The molecule has 10 heavy (non-hydrogen) atoms. The normalized spacial score (nSPS) is 11.9. The van der Waals surface area contributed by atoms with Crippen molar-refractivity contribution in [3.05, 3.63) is 47.8 Å². The Hall–Kier alpha value is -0.690. The Morgan fingerprint density at radius 3 is 2.50 bits per heavy atom. The molecule has 0 saturated carbocycles. The second-order valence-corrected chi connectivity index (χ2v) is 2.58. The van der Waals surface area contributed by atoms with Gasteiger partial charge in [0, 0.05) is 4.91 Å². The smallest absolute Gasteiger partial charge is 0.0110 e. The van der Waals surface area contributed by atoms with Crippen molar-refractivity contribution in [2.75, 3.05) is 0 Å². The molecular weight excluding hydrogens is 140 g/mol. The van der Waals surface area contributed by atoms with E-state index in [0.717, 1.165) is 4.91 Å². The minimum Gasteiger partial charge on any atom is -0.0990 e. The average molecular weight is 152 g/mol. The SMILES string of the molecule is C=C/C=C(\C=C)S/C=C\C. The fourth-order valence-electron chi connectivity index (χ4n) is 0.418. The van der Waals surface area contributed by atoms with Crippen LogP contribution in [0.2, 0.25) is 0 Å². The zero-order valence-electron chi connectivity index (χ0n) is 6.21. The summed E-state index contributed by atoms with van der Waals surface area (Å²) in [5, 5.41) is 2.01. The van der Waals surface area contributed by atoms with Gasteiger partial charge in [-0.25, -0.2) is 0 Å². The molecule has 0 atom stereocenters. The summed E-state index contributed by atoms with van der Waals surface area (Å²) in [7, 11) is 0. The Balaban J connectivity index is 3.94. The van der Waals surface area contributed by atoms with Crippen LogP contribution in [0.5, 0.6) is 0 Å². The van der Waals surface area contributed by atoms with E-state index >= 15 is 0 Å². The monoisotopic (exact) mass is 152 g/mol. The molecule has 0 aromatic carbocycles. The topological polar surface area (TPSA) is 0 Å². The molecule has 0 aliphatic heterocycles. The van der Waals surface area contributed by atoms with E-state index in [0.29, 0.717) is 0 Å². The highest BCUT2D eigenvalue weighted by Crippen LogP contribution is 2.17. The Morgan fingerprint density at radius 2 is 2.10 bits per heavy atom. The molecule has 0 rings (SSSR count). The van der Waals surface area contributed by atoms with Crippen LogP contribution in [0.4, 0.5) is 0 Å². The molecule has 0 aromatic rings. The number of hydrogen-bond acceptors (Lipinski definition) is 1. The Labute approximate surface area is 67.0 Å². The highest BCUT2D eigenvalue weighted by atomic mass is 32.2. The van der Waals surface area contributed by atoms with Crippen LogP contribution in [0.3, 0.4) is 0 Å². The number of hydrogen-bond donors (Lipinski definition) is 0. The third kappa shape index (κ3) is 4.21. The van der Waals surface area contributed by atoms with Gasteiger partial charge in [-0.15, -0.1) is 0 Å². The van der Waals surface area contributed by atoms with E-state index < -0.39 is 0 Å². The Kier molecular flexibility index (Phi) is 5.99. The second-order valence-electron chi connectivity index (χ2n) is 1.60. The maximum Gasteiger partial charge on any atom is 0.0110 e. The van der Waals surface area contributed by atoms with Crippen LogP contribution in [-0.4, -0.2) is 0 Å². The summed E-state index contributed by atoms with van der Waals surface area (Å²) in [5.74, 6) is 0. The predicted octanol–water partition coefficient (Wildman–Crippen LogP) is 3.51. The number of allylic oxidation sites excluding steroid dienone is 4. The van der Waals surface area contributed by atoms with E-state index in [9.17, 15) is 0 Å². The highest BCUT2D eigenvalue weighted by molar-refractivity contribution is 8.06. The summed E-state index contributed by atoms with van der Waals surface area (Å²) >= 11 is 1.64. The standard InChI is InChI=1S/C9H12S/c1-4-7-9(6-3)10-8-5-2/h4-8H,1,3H2,2H3/b8-5-,9-7+. The zero-order chi connectivity index (χ0) is 7.82. The molecule has 0 radical (unpaired) electrons. The van der Waals surface area contributed by atoms with Crippen molar-refractivity contribution in [2.24, 2.45) is 0 Å². The van der Waals surface area contributed by atoms with Crippen LogP contribution in [0.25, 0.3) is 0 Å². The molecule has 0 amide bonds. The molecule has 0 aliphatic carbocycles. The van der Waals surface area contributed by atoms with Crippen molar-refractivity contribution in [1.82, 2.24) is 0 Å². The van der Waals surface area contributed by atoms with E-state index in [1.54, 1.807) is 17.8 Å². The zero-order valence-corrected chi connectivity index (χ0v) is 7.03. The summed E-state index contributed by atoms with van der Waals surface area (Å²) in [4.78, 5) is 1.12. The third-order valence-electron chi connectivity index (χ3n) is 0.824. The van der Waals surface area contributed by atoms with Crippen LogP contribution in [0.15, 0.2) is 47.8 Å². The first-order valence-corrected chi connectivity index (χ1v) is 3.96. The summed E-state index contributed by atoms with van der Waals surface area (Å²) in [6, 6.07) is 0. The van der Waals surface area contributed by atoms with Crippen molar-refractivity contribution in [1.29, 1.82) is 0 Å². The van der Waals surface area contributed by atoms with E-state index in [2.05, 4.69) is 13.2 Å². The minimum absolute atomic E-state index is 1.12. The van der Waals surface area contributed by atoms with Gasteiger partial charge in [-0.3, -0.25) is 0 Å². The van der Waals surface area contributed by atoms with Gasteiger partial charge in [-0.05, 0) is 18.4 Å². The molecule has 54 valence electrons. The van der Waals surface area contributed by atoms with E-state index in [1.807, 2.05) is 30.6 Å². The molecule has 0 bridgehead atoms. The maximum atomic E-state index is 3.66. The van der Waals surface area contributed by atoms with Gasteiger partial charge >= 0.3 is 0 Å². The molecular formula is C9H12S. The molecule has 0 heterocycles. The number of thioether (sulfide) groups is 1. The second kappa shape index (κ2) is 6.43. The van der Waals surface area contributed by atoms with Crippen molar-refractivity contribution < 1.29 is 0 Å². The van der Waals surface area contributed by atoms with Gasteiger partial charge in [0.1, 0.15) is 0 Å². The minimum atomic E-state index is 1.12. The predicted molar refractivity (Wildman–Crippen MR) is 50.9 cm³/mol. The van der Waals surface area contributed by atoms with E-state index in [1.165, 1.54) is 0 Å². The first-order chi connectivity index (χ1) is 4.85. The van der Waals surface area contributed by atoms with E-state index in [4.69, 9.17) is 0 Å².